The second-order valence-electron chi connectivity index (χ2n) is 7.08. The standard InChI is InChI=1S/C14H15N3O2.C6H13N/c1-8-2-3-10(12(18)6-8)13-9-4-5-19-7-11(9)14(15)17-16-13;1-7-5-3-2-4-6-7/h2-3,6,18H,4-5,7H2,1H3,(H2,15,17);2-6H2,1H3. The van der Waals surface area contributed by atoms with Crippen LogP contribution in [0.5, 0.6) is 5.75 Å². The monoisotopic (exact) mass is 356 g/mol. The molecule has 3 N–H and O–H groups in total. The summed E-state index contributed by atoms with van der Waals surface area (Å²) in [6.07, 6.45) is 5.01. The summed E-state index contributed by atoms with van der Waals surface area (Å²) in [5.74, 6) is 0.623. The van der Waals surface area contributed by atoms with E-state index in [1.54, 1.807) is 6.07 Å². The number of anilines is 1. The molecule has 2 aliphatic heterocycles. The van der Waals surface area contributed by atoms with Gasteiger partial charge in [0.05, 0.1) is 13.2 Å². The van der Waals surface area contributed by atoms with Gasteiger partial charge in [-0.05, 0) is 69.6 Å². The van der Waals surface area contributed by atoms with E-state index >= 15 is 0 Å². The number of aryl methyl sites for hydroxylation is 1. The van der Waals surface area contributed by atoms with E-state index in [2.05, 4.69) is 22.1 Å². The van der Waals surface area contributed by atoms with Crippen molar-refractivity contribution < 1.29 is 9.84 Å². The van der Waals surface area contributed by atoms with Crippen LogP contribution < -0.4 is 5.73 Å². The molecule has 6 nitrogen and oxygen atoms in total. The number of ether oxygens (including phenoxy) is 1. The van der Waals surface area contributed by atoms with Crippen LogP contribution >= 0.6 is 0 Å². The fourth-order valence-electron chi connectivity index (χ4n) is 3.41. The Morgan fingerprint density at radius 2 is 1.88 bits per heavy atom. The molecule has 26 heavy (non-hydrogen) atoms. The molecule has 0 bridgehead atoms. The summed E-state index contributed by atoms with van der Waals surface area (Å²) in [7, 11) is 2.19. The molecule has 4 rings (SSSR count). The second-order valence-corrected chi connectivity index (χ2v) is 7.08. The van der Waals surface area contributed by atoms with Crippen molar-refractivity contribution in [2.45, 2.75) is 39.2 Å². The lowest BCUT2D eigenvalue weighted by Gasteiger charge is -2.20. The van der Waals surface area contributed by atoms with Crippen LogP contribution in [0.15, 0.2) is 18.2 Å². The zero-order valence-corrected chi connectivity index (χ0v) is 15.7. The molecular weight excluding hydrogens is 328 g/mol. The quantitative estimate of drug-likeness (QED) is 0.817. The van der Waals surface area contributed by atoms with Crippen molar-refractivity contribution in [3.05, 3.63) is 34.9 Å². The van der Waals surface area contributed by atoms with Gasteiger partial charge in [-0.25, -0.2) is 0 Å². The molecule has 3 heterocycles. The highest BCUT2D eigenvalue weighted by atomic mass is 16.5. The molecule has 1 aromatic carbocycles. The fourth-order valence-corrected chi connectivity index (χ4v) is 3.41. The van der Waals surface area contributed by atoms with Gasteiger partial charge >= 0.3 is 0 Å². The molecule has 2 aromatic rings. The molecule has 0 unspecified atom stereocenters. The molecule has 0 atom stereocenters. The molecule has 0 spiro atoms. The van der Waals surface area contributed by atoms with Crippen molar-refractivity contribution in [1.82, 2.24) is 15.1 Å². The Labute approximate surface area is 155 Å². The number of aromatic hydroxyl groups is 1. The number of fused-ring (bicyclic) bond motifs is 1. The molecule has 0 aliphatic carbocycles. The summed E-state index contributed by atoms with van der Waals surface area (Å²) in [4.78, 5) is 2.39. The maximum Gasteiger partial charge on any atom is 0.151 e. The zero-order valence-electron chi connectivity index (χ0n) is 15.7. The van der Waals surface area contributed by atoms with Crippen LogP contribution in [0.25, 0.3) is 11.3 Å². The van der Waals surface area contributed by atoms with Crippen LogP contribution in [-0.4, -0.2) is 46.9 Å². The molecular formula is C20H28N4O2. The number of piperidine rings is 1. The SMILES string of the molecule is CN1CCCCC1.Cc1ccc(-c2nnc(N)c3c2CCOC3)c(O)c1. The third-order valence-electron chi connectivity index (χ3n) is 4.95. The zero-order chi connectivity index (χ0) is 18.5. The van der Waals surface area contributed by atoms with Gasteiger partial charge in [-0.15, -0.1) is 10.2 Å². The van der Waals surface area contributed by atoms with E-state index < -0.39 is 0 Å². The Morgan fingerprint density at radius 3 is 2.54 bits per heavy atom. The van der Waals surface area contributed by atoms with Gasteiger partial charge in [0.25, 0.3) is 0 Å². The number of benzene rings is 1. The van der Waals surface area contributed by atoms with Crippen LogP contribution in [-0.2, 0) is 17.8 Å². The largest absolute Gasteiger partial charge is 0.507 e. The maximum atomic E-state index is 10.1. The van der Waals surface area contributed by atoms with E-state index in [-0.39, 0.29) is 5.75 Å². The minimum absolute atomic E-state index is 0.216. The van der Waals surface area contributed by atoms with Crippen LogP contribution in [0.1, 0.15) is 36.0 Å². The first-order chi connectivity index (χ1) is 12.6. The Balaban J connectivity index is 0.000000236. The Kier molecular flexibility index (Phi) is 6.06. The van der Waals surface area contributed by atoms with E-state index in [0.717, 1.165) is 23.1 Å². The molecule has 140 valence electrons. The average Bonchev–Trinajstić information content (AvgIpc) is 2.64. The minimum Gasteiger partial charge on any atom is -0.507 e. The number of hydrogen-bond acceptors (Lipinski definition) is 6. The fraction of sp³-hybridized carbons (Fsp3) is 0.500. The number of phenols is 1. The Hall–Kier alpha value is -2.18. The van der Waals surface area contributed by atoms with E-state index in [0.29, 0.717) is 30.3 Å². The third kappa shape index (κ3) is 4.31. The van der Waals surface area contributed by atoms with Gasteiger partial charge in [0, 0.05) is 11.1 Å². The van der Waals surface area contributed by atoms with E-state index in [4.69, 9.17) is 10.5 Å². The van der Waals surface area contributed by atoms with E-state index in [1.807, 2.05) is 19.1 Å². The molecule has 0 saturated carbocycles. The maximum absolute atomic E-state index is 10.1. The predicted octanol–water partition coefficient (Wildman–Crippen LogP) is 2.91. The van der Waals surface area contributed by atoms with Crippen molar-refractivity contribution >= 4 is 5.82 Å². The molecule has 6 heteroatoms. The first kappa shape index (κ1) is 18.6. The summed E-state index contributed by atoms with van der Waals surface area (Å²) >= 11 is 0. The summed E-state index contributed by atoms with van der Waals surface area (Å²) in [6.45, 7) is 5.66. The average molecular weight is 356 g/mol. The second kappa shape index (κ2) is 8.47. The topological polar surface area (TPSA) is 84.5 Å². The lowest BCUT2D eigenvalue weighted by atomic mass is 9.97. The summed E-state index contributed by atoms with van der Waals surface area (Å²) in [6, 6.07) is 5.53. The number of hydrogen-bond donors (Lipinski definition) is 2. The lowest BCUT2D eigenvalue weighted by molar-refractivity contribution is 0.111. The lowest BCUT2D eigenvalue weighted by Crippen LogP contribution is -2.24. The Bertz CT molecular complexity index is 758. The number of nitrogen functional groups attached to an aromatic ring is 1. The van der Waals surface area contributed by atoms with Gasteiger partial charge in [-0.3, -0.25) is 0 Å². The van der Waals surface area contributed by atoms with Gasteiger partial charge < -0.3 is 20.5 Å². The number of phenolic OH excluding ortho intramolecular Hbond substituents is 1. The van der Waals surface area contributed by atoms with E-state index in [1.165, 1.54) is 32.4 Å². The molecule has 1 saturated heterocycles. The molecule has 0 amide bonds. The van der Waals surface area contributed by atoms with Crippen LogP contribution in [0.3, 0.4) is 0 Å². The van der Waals surface area contributed by atoms with Gasteiger partial charge in [-0.2, -0.15) is 0 Å². The van der Waals surface area contributed by atoms with Gasteiger partial charge in [0.1, 0.15) is 11.4 Å². The van der Waals surface area contributed by atoms with Crippen molar-refractivity contribution in [1.29, 1.82) is 0 Å². The van der Waals surface area contributed by atoms with Crippen molar-refractivity contribution in [3.8, 4) is 17.0 Å². The highest BCUT2D eigenvalue weighted by molar-refractivity contribution is 5.72. The first-order valence-corrected chi connectivity index (χ1v) is 9.26. The molecule has 2 aliphatic rings. The molecule has 1 fully saturated rings. The molecule has 0 radical (unpaired) electrons. The van der Waals surface area contributed by atoms with Crippen LogP contribution in [0.2, 0.25) is 0 Å². The number of nitrogens with zero attached hydrogens (tertiary/aromatic N) is 3. The highest BCUT2D eigenvalue weighted by Gasteiger charge is 2.21. The molecule has 1 aromatic heterocycles. The Morgan fingerprint density at radius 1 is 1.12 bits per heavy atom. The third-order valence-corrected chi connectivity index (χ3v) is 4.95. The number of nitrogens with two attached hydrogens (primary N) is 1. The summed E-state index contributed by atoms with van der Waals surface area (Å²) in [5.41, 5.74) is 10.1. The number of likely N-dealkylation sites (tertiary alicyclic amines) is 1. The summed E-state index contributed by atoms with van der Waals surface area (Å²) < 4.78 is 5.41. The van der Waals surface area contributed by atoms with Crippen molar-refractivity contribution in [2.75, 3.05) is 32.5 Å². The van der Waals surface area contributed by atoms with Crippen LogP contribution in [0, 0.1) is 6.92 Å². The smallest absolute Gasteiger partial charge is 0.151 e. The normalized spacial score (nSPS) is 17.2. The predicted molar refractivity (Wildman–Crippen MR) is 103 cm³/mol. The highest BCUT2D eigenvalue weighted by Crippen LogP contribution is 2.34. The number of rotatable bonds is 1. The van der Waals surface area contributed by atoms with Gasteiger partial charge in [-0.1, -0.05) is 12.5 Å². The first-order valence-electron chi connectivity index (χ1n) is 9.26. The van der Waals surface area contributed by atoms with Crippen molar-refractivity contribution in [2.24, 2.45) is 0 Å². The van der Waals surface area contributed by atoms with Crippen molar-refractivity contribution in [3.63, 3.8) is 0 Å². The van der Waals surface area contributed by atoms with Gasteiger partial charge in [0.15, 0.2) is 5.82 Å². The van der Waals surface area contributed by atoms with Gasteiger partial charge in [0.2, 0.25) is 0 Å². The van der Waals surface area contributed by atoms with E-state index in [9.17, 15) is 5.11 Å². The number of aromatic nitrogens is 2. The summed E-state index contributed by atoms with van der Waals surface area (Å²) in [5, 5.41) is 18.2. The van der Waals surface area contributed by atoms with Crippen LogP contribution in [0.4, 0.5) is 5.82 Å². The minimum atomic E-state index is 0.216.